The van der Waals surface area contributed by atoms with Gasteiger partial charge in [0.25, 0.3) is 0 Å². The Kier molecular flexibility index (Phi) is 7.00. The fourth-order valence-corrected chi connectivity index (χ4v) is 6.57. The highest BCUT2D eigenvalue weighted by molar-refractivity contribution is 7.91. The molecule has 7 heteroatoms. The van der Waals surface area contributed by atoms with Crippen LogP contribution >= 0.6 is 11.3 Å². The molecule has 0 fully saturated rings. The molecule has 4 rings (SSSR count). The van der Waals surface area contributed by atoms with Crippen molar-refractivity contribution < 1.29 is 8.42 Å². The lowest BCUT2D eigenvalue weighted by molar-refractivity contribution is 0.180. The third-order valence-corrected chi connectivity index (χ3v) is 9.26. The van der Waals surface area contributed by atoms with Crippen molar-refractivity contribution in [3.05, 3.63) is 82.2 Å². The van der Waals surface area contributed by atoms with Gasteiger partial charge in [0.15, 0.2) is 0 Å². The van der Waals surface area contributed by atoms with Crippen molar-refractivity contribution in [1.82, 2.24) is 9.62 Å². The maximum absolute atomic E-state index is 13.0. The minimum Gasteiger partial charge on any atom is -0.378 e. The lowest BCUT2D eigenvalue weighted by atomic mass is 9.96. The Hall–Kier alpha value is -2.19. The second-order valence-corrected chi connectivity index (χ2v) is 11.6. The third kappa shape index (κ3) is 5.07. The normalized spacial score (nSPS) is 15.3. The standard InChI is InChI=1S/C25H31N3O2S2/c1-4-23-13-14-25(31-23)32(29,30)26-17-24(20-9-11-22(12-10-20)27(2)3)28-16-15-19-7-5-6-8-21(19)18-28/h5-14,24,26H,4,15-18H2,1-3H3/t24-/m0/s1. The molecular formula is C25H31N3O2S2. The summed E-state index contributed by atoms with van der Waals surface area (Å²) in [6.45, 7) is 4.09. The van der Waals surface area contributed by atoms with Crippen molar-refractivity contribution in [1.29, 1.82) is 0 Å². The van der Waals surface area contributed by atoms with E-state index in [0.717, 1.165) is 42.1 Å². The van der Waals surface area contributed by atoms with Gasteiger partial charge in [-0.3, -0.25) is 4.90 Å². The second kappa shape index (κ2) is 9.75. The van der Waals surface area contributed by atoms with E-state index in [1.165, 1.54) is 22.5 Å². The molecule has 3 aromatic rings. The Morgan fingerprint density at radius 3 is 2.41 bits per heavy atom. The molecule has 5 nitrogen and oxygen atoms in total. The molecule has 32 heavy (non-hydrogen) atoms. The summed E-state index contributed by atoms with van der Waals surface area (Å²) in [4.78, 5) is 5.54. The van der Waals surface area contributed by atoms with Gasteiger partial charge in [-0.15, -0.1) is 11.3 Å². The summed E-state index contributed by atoms with van der Waals surface area (Å²) in [6.07, 6.45) is 1.81. The van der Waals surface area contributed by atoms with Crippen LogP contribution in [0, 0.1) is 0 Å². The first-order valence-corrected chi connectivity index (χ1v) is 13.3. The Balaban J connectivity index is 1.59. The Bertz CT molecular complexity index is 1150. The lowest BCUT2D eigenvalue weighted by Crippen LogP contribution is -2.40. The van der Waals surface area contributed by atoms with E-state index in [2.05, 4.69) is 63.1 Å². The van der Waals surface area contributed by atoms with E-state index in [-0.39, 0.29) is 6.04 Å². The fraction of sp³-hybridized carbons (Fsp3) is 0.360. The van der Waals surface area contributed by atoms with Gasteiger partial charge < -0.3 is 4.90 Å². The van der Waals surface area contributed by atoms with Crippen LogP contribution in [0.3, 0.4) is 0 Å². The summed E-state index contributed by atoms with van der Waals surface area (Å²) in [5.74, 6) is 0. The van der Waals surface area contributed by atoms with E-state index in [1.807, 2.05) is 27.1 Å². The molecule has 0 bridgehead atoms. The van der Waals surface area contributed by atoms with Crippen molar-refractivity contribution in [3.8, 4) is 0 Å². The maximum Gasteiger partial charge on any atom is 0.250 e. The Morgan fingerprint density at radius 2 is 1.75 bits per heavy atom. The molecule has 170 valence electrons. The molecule has 2 heterocycles. The summed E-state index contributed by atoms with van der Waals surface area (Å²) in [5, 5.41) is 0. The van der Waals surface area contributed by atoms with E-state index >= 15 is 0 Å². The average molecular weight is 470 g/mol. The molecular weight excluding hydrogens is 438 g/mol. The highest BCUT2D eigenvalue weighted by Gasteiger charge is 2.27. The molecule has 0 saturated carbocycles. The summed E-state index contributed by atoms with van der Waals surface area (Å²) >= 11 is 1.35. The molecule has 0 radical (unpaired) electrons. The number of rotatable bonds is 8. The number of nitrogens with one attached hydrogen (secondary N) is 1. The molecule has 1 N–H and O–H groups in total. The zero-order valence-electron chi connectivity index (χ0n) is 18.9. The molecule has 1 aliphatic rings. The molecule has 0 aliphatic carbocycles. The predicted molar refractivity (Wildman–Crippen MR) is 133 cm³/mol. The number of aryl methyl sites for hydroxylation is 1. The van der Waals surface area contributed by atoms with E-state index < -0.39 is 10.0 Å². The van der Waals surface area contributed by atoms with Crippen LogP contribution in [-0.2, 0) is 29.4 Å². The first-order chi connectivity index (χ1) is 15.4. The van der Waals surface area contributed by atoms with Crippen LogP contribution in [0.25, 0.3) is 0 Å². The SMILES string of the molecule is CCc1ccc(S(=O)(=O)NC[C@@H](c2ccc(N(C)C)cc2)N2CCc3ccccc3C2)s1. The highest BCUT2D eigenvalue weighted by Crippen LogP contribution is 2.30. The number of hydrogen-bond donors (Lipinski definition) is 1. The van der Waals surface area contributed by atoms with Gasteiger partial charge in [-0.2, -0.15) is 0 Å². The van der Waals surface area contributed by atoms with Crippen LogP contribution in [0.15, 0.2) is 64.9 Å². The van der Waals surface area contributed by atoms with Gasteiger partial charge in [0.1, 0.15) is 4.21 Å². The van der Waals surface area contributed by atoms with E-state index in [4.69, 9.17) is 0 Å². The molecule has 0 amide bonds. The summed E-state index contributed by atoms with van der Waals surface area (Å²) in [6, 6.07) is 20.5. The van der Waals surface area contributed by atoms with Gasteiger partial charge in [0.2, 0.25) is 10.0 Å². The number of nitrogens with zero attached hydrogens (tertiary/aromatic N) is 2. The highest BCUT2D eigenvalue weighted by atomic mass is 32.2. The van der Waals surface area contributed by atoms with Crippen LogP contribution < -0.4 is 9.62 Å². The second-order valence-electron chi connectivity index (χ2n) is 8.42. The fourth-order valence-electron chi connectivity index (χ4n) is 4.19. The van der Waals surface area contributed by atoms with E-state index in [0.29, 0.717) is 10.8 Å². The summed E-state index contributed by atoms with van der Waals surface area (Å²) in [7, 11) is 0.503. The number of thiophene rings is 1. The van der Waals surface area contributed by atoms with Crippen LogP contribution in [-0.4, -0.2) is 40.5 Å². The lowest BCUT2D eigenvalue weighted by Gasteiger charge is -2.36. The van der Waals surface area contributed by atoms with Gasteiger partial charge in [-0.1, -0.05) is 43.3 Å². The van der Waals surface area contributed by atoms with Crippen molar-refractivity contribution in [3.63, 3.8) is 0 Å². The zero-order chi connectivity index (χ0) is 22.7. The van der Waals surface area contributed by atoms with Crippen molar-refractivity contribution >= 4 is 27.0 Å². The van der Waals surface area contributed by atoms with Gasteiger partial charge >= 0.3 is 0 Å². The van der Waals surface area contributed by atoms with E-state index in [9.17, 15) is 8.42 Å². The molecule has 1 aliphatic heterocycles. The predicted octanol–water partition coefficient (Wildman–Crippen LogP) is 4.45. The van der Waals surface area contributed by atoms with Gasteiger partial charge in [0, 0.05) is 50.3 Å². The third-order valence-electron chi connectivity index (χ3n) is 6.11. The molecule has 1 atom stereocenters. The topological polar surface area (TPSA) is 52.7 Å². The van der Waals surface area contributed by atoms with Crippen molar-refractivity contribution in [2.24, 2.45) is 0 Å². The zero-order valence-corrected chi connectivity index (χ0v) is 20.5. The number of sulfonamides is 1. The molecule has 0 unspecified atom stereocenters. The number of benzene rings is 2. The van der Waals surface area contributed by atoms with Crippen LogP contribution in [0.1, 0.15) is 34.5 Å². The van der Waals surface area contributed by atoms with Crippen LogP contribution in [0.5, 0.6) is 0 Å². The Morgan fingerprint density at radius 1 is 1.03 bits per heavy atom. The monoisotopic (exact) mass is 469 g/mol. The quantitative estimate of drug-likeness (QED) is 0.529. The number of anilines is 1. The summed E-state index contributed by atoms with van der Waals surface area (Å²) < 4.78 is 29.3. The molecule has 2 aromatic carbocycles. The van der Waals surface area contributed by atoms with Crippen molar-refractivity contribution in [2.45, 2.75) is 36.6 Å². The summed E-state index contributed by atoms with van der Waals surface area (Å²) in [5.41, 5.74) is 4.96. The maximum atomic E-state index is 13.0. The number of hydrogen-bond acceptors (Lipinski definition) is 5. The molecule has 0 saturated heterocycles. The number of fused-ring (bicyclic) bond motifs is 1. The largest absolute Gasteiger partial charge is 0.378 e. The van der Waals surface area contributed by atoms with Crippen LogP contribution in [0.2, 0.25) is 0 Å². The Labute approximate surface area is 195 Å². The smallest absolute Gasteiger partial charge is 0.250 e. The van der Waals surface area contributed by atoms with Gasteiger partial charge in [-0.05, 0) is 53.8 Å². The minimum absolute atomic E-state index is 0.0417. The molecule has 0 spiro atoms. The average Bonchev–Trinajstić information content (AvgIpc) is 3.30. The van der Waals surface area contributed by atoms with Gasteiger partial charge in [0.05, 0.1) is 0 Å². The van der Waals surface area contributed by atoms with Crippen LogP contribution in [0.4, 0.5) is 5.69 Å². The first-order valence-electron chi connectivity index (χ1n) is 11.0. The van der Waals surface area contributed by atoms with Crippen molar-refractivity contribution in [2.75, 3.05) is 32.1 Å². The first kappa shape index (κ1) is 23.0. The minimum atomic E-state index is -3.54. The van der Waals surface area contributed by atoms with Gasteiger partial charge in [-0.25, -0.2) is 13.1 Å². The van der Waals surface area contributed by atoms with E-state index in [1.54, 1.807) is 6.07 Å². The molecule has 1 aromatic heterocycles.